The van der Waals surface area contributed by atoms with E-state index < -0.39 is 23.8 Å². The minimum Gasteiger partial charge on any atom is -0.326 e. The zero-order valence-corrected chi connectivity index (χ0v) is 14.3. The molecule has 0 aliphatic carbocycles. The van der Waals surface area contributed by atoms with E-state index in [1.165, 1.54) is 25.2 Å². The van der Waals surface area contributed by atoms with E-state index in [2.05, 4.69) is 15.7 Å². The standard InChI is InChI=1S/C17H18FN5O3/c1-22-9-10(8-19-22)12-7-11(18)3-4-13(12)20-17(26)21-14-5-6-15(24)23(2)16(14)25/h3-4,7-9,14H,5-6H2,1-2H3,(H2,20,21,26). The number of nitrogens with zero attached hydrogens (tertiary/aromatic N) is 3. The minimum atomic E-state index is -0.778. The van der Waals surface area contributed by atoms with Gasteiger partial charge in [-0.1, -0.05) is 0 Å². The number of likely N-dealkylation sites (N-methyl/N-ethyl adjacent to an activating group) is 1. The number of likely N-dealkylation sites (tertiary alicyclic amines) is 1. The van der Waals surface area contributed by atoms with Crippen LogP contribution >= 0.6 is 0 Å². The van der Waals surface area contributed by atoms with Crippen LogP contribution in [0.1, 0.15) is 12.8 Å². The molecule has 2 aromatic rings. The van der Waals surface area contributed by atoms with Crippen molar-refractivity contribution in [2.24, 2.45) is 7.05 Å². The Morgan fingerprint density at radius 1 is 1.31 bits per heavy atom. The lowest BCUT2D eigenvalue weighted by Gasteiger charge is -2.28. The number of benzene rings is 1. The molecule has 0 bridgehead atoms. The van der Waals surface area contributed by atoms with E-state index >= 15 is 0 Å². The van der Waals surface area contributed by atoms with Crippen molar-refractivity contribution in [2.45, 2.75) is 18.9 Å². The van der Waals surface area contributed by atoms with Gasteiger partial charge in [0.1, 0.15) is 11.9 Å². The van der Waals surface area contributed by atoms with Crippen LogP contribution in [0.5, 0.6) is 0 Å². The molecule has 8 nitrogen and oxygen atoms in total. The molecule has 2 N–H and O–H groups in total. The Morgan fingerprint density at radius 2 is 2.08 bits per heavy atom. The number of anilines is 1. The van der Waals surface area contributed by atoms with Crippen molar-refractivity contribution in [3.8, 4) is 11.1 Å². The first-order chi connectivity index (χ1) is 12.3. The molecule has 1 aliphatic heterocycles. The number of hydrogen-bond acceptors (Lipinski definition) is 4. The number of piperidine rings is 1. The summed E-state index contributed by atoms with van der Waals surface area (Å²) in [5.41, 5.74) is 1.49. The third-order valence-corrected chi connectivity index (χ3v) is 4.20. The van der Waals surface area contributed by atoms with Crippen molar-refractivity contribution >= 4 is 23.5 Å². The number of carbonyl (C=O) groups excluding carboxylic acids is 3. The van der Waals surface area contributed by atoms with Gasteiger partial charge in [-0.05, 0) is 24.6 Å². The summed E-state index contributed by atoms with van der Waals surface area (Å²) in [6, 6.07) is 2.58. The number of nitrogens with one attached hydrogen (secondary N) is 2. The molecule has 0 saturated carbocycles. The number of aromatic nitrogens is 2. The molecule has 1 aromatic carbocycles. The van der Waals surface area contributed by atoms with Crippen molar-refractivity contribution in [1.29, 1.82) is 0 Å². The van der Waals surface area contributed by atoms with Crippen LogP contribution in [-0.4, -0.2) is 45.6 Å². The van der Waals surface area contributed by atoms with E-state index in [0.717, 1.165) is 4.90 Å². The van der Waals surface area contributed by atoms with E-state index in [4.69, 9.17) is 0 Å². The fourth-order valence-corrected chi connectivity index (χ4v) is 2.79. The zero-order valence-electron chi connectivity index (χ0n) is 14.3. The molecule has 9 heteroatoms. The molecule has 0 spiro atoms. The summed E-state index contributed by atoms with van der Waals surface area (Å²) in [6.07, 6.45) is 3.69. The second-order valence-electron chi connectivity index (χ2n) is 6.07. The van der Waals surface area contributed by atoms with Gasteiger partial charge >= 0.3 is 6.03 Å². The highest BCUT2D eigenvalue weighted by Gasteiger charge is 2.32. The van der Waals surface area contributed by atoms with Gasteiger partial charge in [-0.15, -0.1) is 0 Å². The Kier molecular flexibility index (Phi) is 4.70. The Balaban J connectivity index is 1.76. The lowest BCUT2D eigenvalue weighted by Crippen LogP contribution is -2.53. The van der Waals surface area contributed by atoms with E-state index in [1.54, 1.807) is 24.1 Å². The van der Waals surface area contributed by atoms with Crippen LogP contribution in [0.15, 0.2) is 30.6 Å². The van der Waals surface area contributed by atoms with Crippen LogP contribution in [0.2, 0.25) is 0 Å². The molecule has 1 fully saturated rings. The van der Waals surface area contributed by atoms with Gasteiger partial charge < -0.3 is 10.6 Å². The Hall–Kier alpha value is -3.23. The smallest absolute Gasteiger partial charge is 0.319 e. The Morgan fingerprint density at radius 3 is 2.77 bits per heavy atom. The fourth-order valence-electron chi connectivity index (χ4n) is 2.79. The monoisotopic (exact) mass is 359 g/mol. The second kappa shape index (κ2) is 6.95. The highest BCUT2D eigenvalue weighted by atomic mass is 19.1. The topological polar surface area (TPSA) is 96.3 Å². The van der Waals surface area contributed by atoms with E-state index in [0.29, 0.717) is 16.8 Å². The molecule has 4 amide bonds. The van der Waals surface area contributed by atoms with Crippen molar-refractivity contribution in [2.75, 3.05) is 12.4 Å². The van der Waals surface area contributed by atoms with Crippen LogP contribution in [0.4, 0.5) is 14.9 Å². The van der Waals surface area contributed by atoms with Gasteiger partial charge in [0.25, 0.3) is 5.91 Å². The number of rotatable bonds is 3. The molecule has 1 unspecified atom stereocenters. The lowest BCUT2D eigenvalue weighted by atomic mass is 10.0. The second-order valence-corrected chi connectivity index (χ2v) is 6.07. The average Bonchev–Trinajstić information content (AvgIpc) is 3.03. The molecular formula is C17H18FN5O3. The number of hydrogen-bond donors (Lipinski definition) is 2. The third kappa shape index (κ3) is 3.56. The molecule has 3 rings (SSSR count). The lowest BCUT2D eigenvalue weighted by molar-refractivity contribution is -0.147. The summed E-state index contributed by atoms with van der Waals surface area (Å²) < 4.78 is 15.2. The molecule has 26 heavy (non-hydrogen) atoms. The van der Waals surface area contributed by atoms with Crippen molar-refractivity contribution in [3.05, 3.63) is 36.4 Å². The van der Waals surface area contributed by atoms with Gasteiger partial charge in [-0.2, -0.15) is 5.10 Å². The summed E-state index contributed by atoms with van der Waals surface area (Å²) in [5.74, 6) is -1.17. The summed E-state index contributed by atoms with van der Waals surface area (Å²) in [4.78, 5) is 36.9. The number of aryl methyl sites for hydroxylation is 1. The maximum absolute atomic E-state index is 13.6. The predicted octanol–water partition coefficient (Wildman–Crippen LogP) is 1.50. The summed E-state index contributed by atoms with van der Waals surface area (Å²) in [6.45, 7) is 0. The van der Waals surface area contributed by atoms with Crippen LogP contribution in [0.25, 0.3) is 11.1 Å². The Labute approximate surface area is 149 Å². The highest BCUT2D eigenvalue weighted by molar-refractivity contribution is 6.03. The normalized spacial score (nSPS) is 17.3. The van der Waals surface area contributed by atoms with Gasteiger partial charge in [0.2, 0.25) is 5.91 Å². The summed E-state index contributed by atoms with van der Waals surface area (Å²) in [5, 5.41) is 9.23. The molecule has 1 aromatic heterocycles. The number of urea groups is 1. The van der Waals surface area contributed by atoms with Crippen LogP contribution in [0, 0.1) is 5.82 Å². The van der Waals surface area contributed by atoms with Gasteiger partial charge in [0, 0.05) is 37.8 Å². The maximum Gasteiger partial charge on any atom is 0.319 e. The Bertz CT molecular complexity index is 879. The maximum atomic E-state index is 13.6. The van der Waals surface area contributed by atoms with E-state index in [-0.39, 0.29) is 18.7 Å². The zero-order chi connectivity index (χ0) is 18.8. The fraction of sp³-hybridized carbons (Fsp3) is 0.294. The SMILES string of the molecule is CN1C(=O)CCC(NC(=O)Nc2ccc(F)cc2-c2cnn(C)c2)C1=O. The first-order valence-corrected chi connectivity index (χ1v) is 8.01. The first kappa shape index (κ1) is 17.6. The first-order valence-electron chi connectivity index (χ1n) is 8.01. The summed E-state index contributed by atoms with van der Waals surface area (Å²) in [7, 11) is 3.12. The molecular weight excluding hydrogens is 341 g/mol. The third-order valence-electron chi connectivity index (χ3n) is 4.20. The van der Waals surface area contributed by atoms with Crippen molar-refractivity contribution < 1.29 is 18.8 Å². The highest BCUT2D eigenvalue weighted by Crippen LogP contribution is 2.28. The minimum absolute atomic E-state index is 0.185. The molecule has 0 radical (unpaired) electrons. The van der Waals surface area contributed by atoms with Crippen LogP contribution in [0.3, 0.4) is 0 Å². The average molecular weight is 359 g/mol. The van der Waals surface area contributed by atoms with Crippen molar-refractivity contribution in [1.82, 2.24) is 20.0 Å². The largest absolute Gasteiger partial charge is 0.326 e. The van der Waals surface area contributed by atoms with Crippen LogP contribution in [-0.2, 0) is 16.6 Å². The van der Waals surface area contributed by atoms with Crippen LogP contribution < -0.4 is 10.6 Å². The predicted molar refractivity (Wildman–Crippen MR) is 91.6 cm³/mol. The number of carbonyl (C=O) groups is 3. The molecule has 1 atom stereocenters. The van der Waals surface area contributed by atoms with Gasteiger partial charge in [-0.25, -0.2) is 9.18 Å². The number of halogens is 1. The summed E-state index contributed by atoms with van der Waals surface area (Å²) >= 11 is 0. The molecule has 1 saturated heterocycles. The van der Waals surface area contributed by atoms with Crippen molar-refractivity contribution in [3.63, 3.8) is 0 Å². The molecule has 136 valence electrons. The van der Waals surface area contributed by atoms with E-state index in [9.17, 15) is 18.8 Å². The van der Waals surface area contributed by atoms with Gasteiger partial charge in [0.05, 0.1) is 11.9 Å². The quantitative estimate of drug-likeness (QED) is 0.812. The van der Waals surface area contributed by atoms with E-state index in [1.807, 2.05) is 0 Å². The number of imide groups is 1. The number of amides is 4. The molecule has 1 aliphatic rings. The van der Waals surface area contributed by atoms with Gasteiger partial charge in [-0.3, -0.25) is 19.2 Å². The van der Waals surface area contributed by atoms with Gasteiger partial charge in [0.15, 0.2) is 0 Å². The molecule has 2 heterocycles.